The van der Waals surface area contributed by atoms with Crippen molar-refractivity contribution in [1.82, 2.24) is 0 Å². The van der Waals surface area contributed by atoms with Crippen LogP contribution in [0, 0.1) is 0 Å². The Morgan fingerprint density at radius 2 is 2.24 bits per heavy atom. The van der Waals surface area contributed by atoms with E-state index >= 15 is 0 Å². The van der Waals surface area contributed by atoms with Crippen LogP contribution in [0.2, 0.25) is 5.02 Å². The third-order valence-corrected chi connectivity index (χ3v) is 3.41. The van der Waals surface area contributed by atoms with Crippen LogP contribution in [0.5, 0.6) is 0 Å². The van der Waals surface area contributed by atoms with Gasteiger partial charge in [-0.2, -0.15) is 0 Å². The lowest BCUT2D eigenvalue weighted by molar-refractivity contribution is -0.116. The number of hydrogen-bond donors (Lipinski definition) is 2. The number of halogens is 1. The van der Waals surface area contributed by atoms with Crippen LogP contribution in [-0.4, -0.2) is 5.91 Å². The van der Waals surface area contributed by atoms with Crippen molar-refractivity contribution in [1.29, 1.82) is 0 Å². The number of anilines is 1. The van der Waals surface area contributed by atoms with E-state index < -0.39 is 0 Å². The topological polar surface area (TPSA) is 55.1 Å². The summed E-state index contributed by atoms with van der Waals surface area (Å²) >= 11 is 6.19. The summed E-state index contributed by atoms with van der Waals surface area (Å²) < 4.78 is 0. The van der Waals surface area contributed by atoms with E-state index in [1.54, 1.807) is 0 Å². The number of aryl methyl sites for hydroxylation is 1. The second-order valence-electron chi connectivity index (χ2n) is 4.48. The summed E-state index contributed by atoms with van der Waals surface area (Å²) in [7, 11) is 0. The molecule has 0 aliphatic carbocycles. The largest absolute Gasteiger partial charge is 0.325 e. The SMILES string of the molecule is CCCC(N)c1cc(Cl)c2c(c1)CCC(=O)N2. The molecule has 17 heavy (non-hydrogen) atoms. The molecule has 0 fully saturated rings. The minimum Gasteiger partial charge on any atom is -0.325 e. The molecule has 1 aliphatic rings. The highest BCUT2D eigenvalue weighted by Gasteiger charge is 2.19. The molecule has 1 aromatic rings. The summed E-state index contributed by atoms with van der Waals surface area (Å²) in [5.41, 5.74) is 9.01. The van der Waals surface area contributed by atoms with Gasteiger partial charge in [-0.25, -0.2) is 0 Å². The van der Waals surface area contributed by atoms with Crippen molar-refractivity contribution in [3.63, 3.8) is 0 Å². The second kappa shape index (κ2) is 5.07. The average molecular weight is 253 g/mol. The number of carbonyl (C=O) groups excluding carboxylic acids is 1. The fourth-order valence-corrected chi connectivity index (χ4v) is 2.46. The van der Waals surface area contributed by atoms with Gasteiger partial charge in [0.1, 0.15) is 0 Å². The Balaban J connectivity index is 2.34. The number of fused-ring (bicyclic) bond motifs is 1. The third-order valence-electron chi connectivity index (χ3n) is 3.11. The first-order valence-electron chi connectivity index (χ1n) is 5.99. The highest BCUT2D eigenvalue weighted by molar-refractivity contribution is 6.34. The van der Waals surface area contributed by atoms with Crippen molar-refractivity contribution in [3.8, 4) is 0 Å². The zero-order valence-electron chi connectivity index (χ0n) is 9.92. The Morgan fingerprint density at radius 1 is 1.47 bits per heavy atom. The van der Waals surface area contributed by atoms with Gasteiger partial charge in [0.15, 0.2) is 0 Å². The average Bonchev–Trinajstić information content (AvgIpc) is 2.30. The third kappa shape index (κ3) is 2.61. The van der Waals surface area contributed by atoms with Crippen LogP contribution in [0.15, 0.2) is 12.1 Å². The highest BCUT2D eigenvalue weighted by Crippen LogP contribution is 2.33. The number of nitrogens with two attached hydrogens (primary N) is 1. The number of carbonyl (C=O) groups is 1. The molecule has 0 saturated heterocycles. The van der Waals surface area contributed by atoms with Gasteiger partial charge in [0.05, 0.1) is 10.7 Å². The van der Waals surface area contributed by atoms with Gasteiger partial charge in [-0.1, -0.05) is 31.0 Å². The second-order valence-corrected chi connectivity index (χ2v) is 4.89. The maximum Gasteiger partial charge on any atom is 0.224 e. The molecule has 2 rings (SSSR count). The first-order chi connectivity index (χ1) is 8.11. The van der Waals surface area contributed by atoms with Crippen molar-refractivity contribution >= 4 is 23.2 Å². The van der Waals surface area contributed by atoms with Gasteiger partial charge < -0.3 is 11.1 Å². The summed E-state index contributed by atoms with van der Waals surface area (Å²) in [6, 6.07) is 3.97. The molecule has 1 aromatic carbocycles. The van der Waals surface area contributed by atoms with Gasteiger partial charge in [-0.05, 0) is 30.0 Å². The lowest BCUT2D eigenvalue weighted by atomic mass is 9.96. The Kier molecular flexibility index (Phi) is 3.69. The number of nitrogens with one attached hydrogen (secondary N) is 1. The monoisotopic (exact) mass is 252 g/mol. The molecule has 3 N–H and O–H groups in total. The van der Waals surface area contributed by atoms with Gasteiger partial charge in [-0.15, -0.1) is 0 Å². The normalized spacial score (nSPS) is 16.3. The predicted molar refractivity (Wildman–Crippen MR) is 70.2 cm³/mol. The molecule has 1 unspecified atom stereocenters. The summed E-state index contributed by atoms with van der Waals surface area (Å²) in [4.78, 5) is 11.3. The van der Waals surface area contributed by atoms with Gasteiger partial charge >= 0.3 is 0 Å². The molecule has 0 aromatic heterocycles. The van der Waals surface area contributed by atoms with Crippen molar-refractivity contribution in [2.45, 2.75) is 38.6 Å². The summed E-state index contributed by atoms with van der Waals surface area (Å²) in [5.74, 6) is 0.0324. The number of rotatable bonds is 3. The van der Waals surface area contributed by atoms with Crippen LogP contribution in [0.1, 0.15) is 43.4 Å². The van der Waals surface area contributed by atoms with Crippen molar-refractivity contribution in [2.24, 2.45) is 5.73 Å². The van der Waals surface area contributed by atoms with E-state index in [0.717, 1.165) is 36.1 Å². The molecule has 0 radical (unpaired) electrons. The predicted octanol–water partition coefficient (Wildman–Crippen LogP) is 3.02. The number of amides is 1. The standard InChI is InChI=1S/C13H17ClN2O/c1-2-3-11(15)9-6-8-4-5-12(17)16-13(8)10(14)7-9/h6-7,11H,2-5,15H2,1H3,(H,16,17). The van der Waals surface area contributed by atoms with Gasteiger partial charge in [0.2, 0.25) is 5.91 Å². The van der Waals surface area contributed by atoms with Crippen molar-refractivity contribution in [2.75, 3.05) is 5.32 Å². The highest BCUT2D eigenvalue weighted by atomic mass is 35.5. The number of hydrogen-bond acceptors (Lipinski definition) is 2. The minimum absolute atomic E-state index is 0.0282. The molecule has 0 spiro atoms. The lowest BCUT2D eigenvalue weighted by Gasteiger charge is -2.21. The maximum absolute atomic E-state index is 11.3. The van der Waals surface area contributed by atoms with E-state index in [2.05, 4.69) is 18.3 Å². The van der Waals surface area contributed by atoms with Crippen LogP contribution in [0.3, 0.4) is 0 Å². The molecule has 0 bridgehead atoms. The van der Waals surface area contributed by atoms with E-state index in [9.17, 15) is 4.79 Å². The Hall–Kier alpha value is -1.06. The van der Waals surface area contributed by atoms with E-state index in [1.807, 2.05) is 6.07 Å². The fourth-order valence-electron chi connectivity index (χ4n) is 2.17. The van der Waals surface area contributed by atoms with Crippen molar-refractivity contribution < 1.29 is 4.79 Å². The lowest BCUT2D eigenvalue weighted by Crippen LogP contribution is -2.20. The molecule has 3 nitrogen and oxygen atoms in total. The Morgan fingerprint density at radius 3 is 2.94 bits per heavy atom. The maximum atomic E-state index is 11.3. The smallest absolute Gasteiger partial charge is 0.224 e. The Bertz CT molecular complexity index is 445. The molecular formula is C13H17ClN2O. The van der Waals surface area contributed by atoms with Gasteiger partial charge in [-0.3, -0.25) is 4.79 Å². The van der Waals surface area contributed by atoms with Crippen LogP contribution in [-0.2, 0) is 11.2 Å². The zero-order valence-corrected chi connectivity index (χ0v) is 10.7. The molecular weight excluding hydrogens is 236 g/mol. The van der Waals surface area contributed by atoms with E-state index in [0.29, 0.717) is 11.4 Å². The summed E-state index contributed by atoms with van der Waals surface area (Å²) in [6.45, 7) is 2.11. The van der Waals surface area contributed by atoms with Gasteiger partial charge in [0.25, 0.3) is 0 Å². The quantitative estimate of drug-likeness (QED) is 0.869. The van der Waals surface area contributed by atoms with Crippen molar-refractivity contribution in [3.05, 3.63) is 28.3 Å². The molecule has 0 saturated carbocycles. The molecule has 1 aliphatic heterocycles. The summed E-state index contributed by atoms with van der Waals surface area (Å²) in [5, 5.41) is 3.41. The van der Waals surface area contributed by atoms with E-state index in [1.165, 1.54) is 0 Å². The molecule has 1 amide bonds. The van der Waals surface area contributed by atoms with E-state index in [-0.39, 0.29) is 11.9 Å². The molecule has 4 heteroatoms. The first-order valence-corrected chi connectivity index (χ1v) is 6.37. The molecule has 1 atom stereocenters. The summed E-state index contributed by atoms with van der Waals surface area (Å²) in [6.07, 6.45) is 3.26. The Labute approximate surface area is 106 Å². The van der Waals surface area contributed by atoms with Crippen LogP contribution < -0.4 is 11.1 Å². The van der Waals surface area contributed by atoms with Crippen LogP contribution >= 0.6 is 11.6 Å². The zero-order chi connectivity index (χ0) is 12.4. The molecule has 1 heterocycles. The van der Waals surface area contributed by atoms with Crippen LogP contribution in [0.4, 0.5) is 5.69 Å². The molecule has 92 valence electrons. The first kappa shape index (κ1) is 12.4. The fraction of sp³-hybridized carbons (Fsp3) is 0.462. The number of benzene rings is 1. The minimum atomic E-state index is 0.0282. The van der Waals surface area contributed by atoms with E-state index in [4.69, 9.17) is 17.3 Å². The van der Waals surface area contributed by atoms with Crippen LogP contribution in [0.25, 0.3) is 0 Å². The van der Waals surface area contributed by atoms with Gasteiger partial charge in [0, 0.05) is 12.5 Å².